The van der Waals surface area contributed by atoms with Crippen LogP contribution in [0.25, 0.3) is 0 Å². The molecule has 1 aliphatic carbocycles. The monoisotopic (exact) mass is 239 g/mol. The van der Waals surface area contributed by atoms with E-state index in [0.717, 1.165) is 31.1 Å². The van der Waals surface area contributed by atoms with Gasteiger partial charge in [-0.1, -0.05) is 25.7 Å². The van der Waals surface area contributed by atoms with Gasteiger partial charge in [0.25, 0.3) is 0 Å². The Hall–Kier alpha value is -0.0800. The van der Waals surface area contributed by atoms with E-state index in [2.05, 4.69) is 12.2 Å². The standard InChI is InChI=1S/C15H29NO/c1-13(15-6-4-2-3-5-7-15)16-12-14-8-10-17-11-9-14/h13-16H,2-12H2,1H3/t13-/m0/s1. The van der Waals surface area contributed by atoms with E-state index < -0.39 is 0 Å². The molecule has 1 saturated carbocycles. The number of ether oxygens (including phenoxy) is 1. The first-order valence-electron chi connectivity index (χ1n) is 7.67. The molecular formula is C15H29NO. The van der Waals surface area contributed by atoms with E-state index >= 15 is 0 Å². The van der Waals surface area contributed by atoms with Gasteiger partial charge in [-0.3, -0.25) is 0 Å². The molecule has 1 heterocycles. The molecule has 2 aliphatic rings. The van der Waals surface area contributed by atoms with Crippen LogP contribution in [0, 0.1) is 11.8 Å². The molecule has 2 rings (SSSR count). The third kappa shape index (κ3) is 4.59. The van der Waals surface area contributed by atoms with Gasteiger partial charge in [-0.2, -0.15) is 0 Å². The second-order valence-corrected chi connectivity index (χ2v) is 6.00. The Labute approximate surface area is 107 Å². The molecule has 1 aliphatic heterocycles. The topological polar surface area (TPSA) is 21.3 Å². The summed E-state index contributed by atoms with van der Waals surface area (Å²) in [7, 11) is 0. The lowest BCUT2D eigenvalue weighted by molar-refractivity contribution is 0.0648. The molecule has 1 atom stereocenters. The molecule has 0 bridgehead atoms. The fraction of sp³-hybridized carbons (Fsp3) is 1.00. The lowest BCUT2D eigenvalue weighted by Crippen LogP contribution is -2.38. The van der Waals surface area contributed by atoms with E-state index in [1.165, 1.54) is 57.9 Å². The molecule has 0 spiro atoms. The number of hydrogen-bond acceptors (Lipinski definition) is 2. The van der Waals surface area contributed by atoms with Crippen molar-refractivity contribution in [1.29, 1.82) is 0 Å². The van der Waals surface area contributed by atoms with Gasteiger partial charge in [0, 0.05) is 19.3 Å². The van der Waals surface area contributed by atoms with Gasteiger partial charge in [-0.15, -0.1) is 0 Å². The van der Waals surface area contributed by atoms with Crippen molar-refractivity contribution in [1.82, 2.24) is 5.32 Å². The van der Waals surface area contributed by atoms with E-state index in [4.69, 9.17) is 4.74 Å². The Kier molecular flexibility index (Phi) is 5.79. The van der Waals surface area contributed by atoms with Gasteiger partial charge in [0.15, 0.2) is 0 Å². The minimum absolute atomic E-state index is 0.718. The fourth-order valence-electron chi connectivity index (χ4n) is 3.28. The van der Waals surface area contributed by atoms with Crippen LogP contribution in [0.2, 0.25) is 0 Å². The van der Waals surface area contributed by atoms with Crippen molar-refractivity contribution in [3.63, 3.8) is 0 Å². The van der Waals surface area contributed by atoms with Crippen LogP contribution in [0.5, 0.6) is 0 Å². The highest BCUT2D eigenvalue weighted by Crippen LogP contribution is 2.25. The minimum Gasteiger partial charge on any atom is -0.381 e. The van der Waals surface area contributed by atoms with E-state index in [1.807, 2.05) is 0 Å². The summed E-state index contributed by atoms with van der Waals surface area (Å²) < 4.78 is 5.41. The second-order valence-electron chi connectivity index (χ2n) is 6.00. The molecule has 1 saturated heterocycles. The summed E-state index contributed by atoms with van der Waals surface area (Å²) in [6.45, 7) is 5.56. The Morgan fingerprint density at radius 1 is 1.00 bits per heavy atom. The molecule has 2 fully saturated rings. The average molecular weight is 239 g/mol. The van der Waals surface area contributed by atoms with Gasteiger partial charge >= 0.3 is 0 Å². The molecule has 100 valence electrons. The predicted molar refractivity (Wildman–Crippen MR) is 72.2 cm³/mol. The summed E-state index contributed by atoms with van der Waals surface area (Å²) in [6, 6.07) is 0.718. The molecule has 17 heavy (non-hydrogen) atoms. The van der Waals surface area contributed by atoms with Crippen LogP contribution in [0.4, 0.5) is 0 Å². The van der Waals surface area contributed by atoms with Gasteiger partial charge in [0.2, 0.25) is 0 Å². The van der Waals surface area contributed by atoms with Crippen molar-refractivity contribution in [2.75, 3.05) is 19.8 Å². The summed E-state index contributed by atoms with van der Waals surface area (Å²) in [5, 5.41) is 3.79. The molecule has 0 unspecified atom stereocenters. The first-order chi connectivity index (χ1) is 8.36. The molecule has 0 aromatic carbocycles. The highest BCUT2D eigenvalue weighted by molar-refractivity contribution is 4.76. The minimum atomic E-state index is 0.718. The third-order valence-corrected chi connectivity index (χ3v) is 4.68. The van der Waals surface area contributed by atoms with Crippen molar-refractivity contribution >= 4 is 0 Å². The van der Waals surface area contributed by atoms with Crippen molar-refractivity contribution in [3.8, 4) is 0 Å². The SMILES string of the molecule is C[C@H](NCC1CCOCC1)C1CCCCCC1. The highest BCUT2D eigenvalue weighted by atomic mass is 16.5. The van der Waals surface area contributed by atoms with Crippen LogP contribution in [0.1, 0.15) is 58.3 Å². The molecular weight excluding hydrogens is 210 g/mol. The van der Waals surface area contributed by atoms with Crippen LogP contribution in [-0.4, -0.2) is 25.8 Å². The summed E-state index contributed by atoms with van der Waals surface area (Å²) >= 11 is 0. The van der Waals surface area contributed by atoms with Crippen LogP contribution in [0.15, 0.2) is 0 Å². The maximum atomic E-state index is 5.41. The molecule has 0 aromatic rings. The van der Waals surface area contributed by atoms with E-state index in [0.29, 0.717) is 0 Å². The maximum absolute atomic E-state index is 5.41. The molecule has 2 heteroatoms. The molecule has 1 N–H and O–H groups in total. The zero-order valence-corrected chi connectivity index (χ0v) is 11.4. The van der Waals surface area contributed by atoms with Crippen LogP contribution in [0.3, 0.4) is 0 Å². The van der Waals surface area contributed by atoms with Gasteiger partial charge in [0.1, 0.15) is 0 Å². The Morgan fingerprint density at radius 3 is 2.29 bits per heavy atom. The Bertz CT molecular complexity index is 193. The molecule has 2 nitrogen and oxygen atoms in total. The zero-order valence-electron chi connectivity index (χ0n) is 11.4. The van der Waals surface area contributed by atoms with Crippen LogP contribution in [-0.2, 0) is 4.74 Å². The number of nitrogens with one attached hydrogen (secondary N) is 1. The maximum Gasteiger partial charge on any atom is 0.0469 e. The van der Waals surface area contributed by atoms with E-state index in [-0.39, 0.29) is 0 Å². The predicted octanol–water partition coefficient (Wildman–Crippen LogP) is 3.36. The fourth-order valence-corrected chi connectivity index (χ4v) is 3.28. The van der Waals surface area contributed by atoms with Crippen molar-refractivity contribution < 1.29 is 4.74 Å². The van der Waals surface area contributed by atoms with E-state index in [9.17, 15) is 0 Å². The lowest BCUT2D eigenvalue weighted by Gasteiger charge is -2.28. The Balaban J connectivity index is 1.66. The number of rotatable bonds is 4. The summed E-state index contributed by atoms with van der Waals surface area (Å²) in [5.74, 6) is 1.79. The first-order valence-corrected chi connectivity index (χ1v) is 7.67. The van der Waals surface area contributed by atoms with Gasteiger partial charge in [-0.05, 0) is 51.0 Å². The summed E-state index contributed by atoms with van der Waals surface area (Å²) in [5.41, 5.74) is 0. The smallest absolute Gasteiger partial charge is 0.0469 e. The van der Waals surface area contributed by atoms with Crippen molar-refractivity contribution in [3.05, 3.63) is 0 Å². The van der Waals surface area contributed by atoms with Crippen LogP contribution < -0.4 is 5.32 Å². The Morgan fingerprint density at radius 2 is 1.65 bits per heavy atom. The zero-order chi connectivity index (χ0) is 11.9. The van der Waals surface area contributed by atoms with Gasteiger partial charge in [0.05, 0.1) is 0 Å². The lowest BCUT2D eigenvalue weighted by atomic mass is 9.92. The van der Waals surface area contributed by atoms with Gasteiger partial charge in [-0.25, -0.2) is 0 Å². The second kappa shape index (κ2) is 7.38. The third-order valence-electron chi connectivity index (χ3n) is 4.68. The van der Waals surface area contributed by atoms with Crippen molar-refractivity contribution in [2.24, 2.45) is 11.8 Å². The summed E-state index contributed by atoms with van der Waals surface area (Å²) in [6.07, 6.45) is 11.2. The van der Waals surface area contributed by atoms with E-state index in [1.54, 1.807) is 0 Å². The quantitative estimate of drug-likeness (QED) is 0.760. The highest BCUT2D eigenvalue weighted by Gasteiger charge is 2.20. The first kappa shape index (κ1) is 13.4. The molecule has 0 aromatic heterocycles. The largest absolute Gasteiger partial charge is 0.381 e. The molecule has 0 amide bonds. The molecule has 0 radical (unpaired) electrons. The van der Waals surface area contributed by atoms with Crippen LogP contribution >= 0.6 is 0 Å². The normalized spacial score (nSPS) is 26.6. The number of hydrogen-bond donors (Lipinski definition) is 1. The van der Waals surface area contributed by atoms with Gasteiger partial charge < -0.3 is 10.1 Å². The van der Waals surface area contributed by atoms with Crippen molar-refractivity contribution in [2.45, 2.75) is 64.3 Å². The summed E-state index contributed by atoms with van der Waals surface area (Å²) in [4.78, 5) is 0. The average Bonchev–Trinajstić information content (AvgIpc) is 2.66.